The Bertz CT molecular complexity index is 4560. The minimum absolute atomic E-state index is 0. The zero-order chi connectivity index (χ0) is 56.2. The van der Waals surface area contributed by atoms with E-state index in [-0.39, 0.29) is 31.9 Å². The summed E-state index contributed by atoms with van der Waals surface area (Å²) < 4.78 is 11.2. The van der Waals surface area contributed by atoms with E-state index in [1.165, 1.54) is 38.9 Å². The molecule has 0 N–H and O–H groups in total. The van der Waals surface area contributed by atoms with Crippen LogP contribution in [0.1, 0.15) is 74.9 Å². The van der Waals surface area contributed by atoms with Gasteiger partial charge in [0.1, 0.15) is 5.82 Å². The molecule has 0 amide bonds. The van der Waals surface area contributed by atoms with Gasteiger partial charge in [0.2, 0.25) is 5.78 Å². The second-order valence-corrected chi connectivity index (χ2v) is 23.9. The van der Waals surface area contributed by atoms with Crippen molar-refractivity contribution < 1.29 is 25.8 Å². The van der Waals surface area contributed by atoms with Gasteiger partial charge in [-0.1, -0.05) is 199 Å². The molecule has 84 heavy (non-hydrogen) atoms. The number of ether oxygens (including phenoxy) is 1. The maximum absolute atomic E-state index is 6.90. The summed E-state index contributed by atoms with van der Waals surface area (Å²) in [4.78, 5) is 15.1. The molecule has 3 aromatic heterocycles. The zero-order valence-corrected chi connectivity index (χ0v) is 49.9. The first kappa shape index (κ1) is 52.8. The molecule has 10 aromatic carbocycles. The van der Waals surface area contributed by atoms with E-state index in [9.17, 15) is 0 Å². The Morgan fingerprint density at radius 2 is 1.06 bits per heavy atom. The smallest absolute Gasteiger partial charge is 0.208 e. The van der Waals surface area contributed by atoms with Crippen molar-refractivity contribution >= 4 is 50.6 Å². The van der Waals surface area contributed by atoms with Crippen LogP contribution >= 0.6 is 0 Å². The first-order valence-corrected chi connectivity index (χ1v) is 28.6. The van der Waals surface area contributed by atoms with Gasteiger partial charge in [-0.2, -0.15) is 6.07 Å². The molecule has 412 valence electrons. The largest absolute Gasteiger partial charge is 0.509 e. The van der Waals surface area contributed by atoms with E-state index in [0.717, 1.165) is 84.2 Å². The van der Waals surface area contributed by atoms with Crippen molar-refractivity contribution in [3.63, 3.8) is 0 Å². The number of nitrogens with zero attached hydrogens (tertiary/aromatic N) is 6. The normalized spacial score (nSPS) is 13.5. The molecule has 4 heterocycles. The van der Waals surface area contributed by atoms with Crippen molar-refractivity contribution in [2.45, 2.75) is 57.8 Å². The fraction of sp³-hybridized carbons (Fsp3) is 0.118. The Morgan fingerprint density at radius 1 is 0.476 bits per heavy atom. The molecule has 0 spiro atoms. The number of rotatable bonds is 9. The standard InChI is InChI=1S/C76H59N6O.Pt/c1-74(2,3)52-36-38-53(39-37-52)76(63-30-15-13-28-59(63)60-29-14-16-31-64(60)76)54-42-43-77-71(46-54)82-70-48-58(40-41-69(70)81-66-33-18-17-32-65(66)78-73(81)82)83-57-27-21-26-56(47-57)79-49-80(68-35-20-19-34-67(68)79)72-61(50-22-9-7-10-23-50)44-55(75(4,5)6)45-62(72)51-24-11-8-12-25-51;/h7-46,49H,1-6H3;/q-3;. The predicted molar refractivity (Wildman–Crippen MR) is 339 cm³/mol. The molecule has 1 aliphatic carbocycles. The fourth-order valence-corrected chi connectivity index (χ4v) is 12.8. The van der Waals surface area contributed by atoms with Crippen molar-refractivity contribution in [2.75, 3.05) is 9.80 Å². The third-order valence-electron chi connectivity index (χ3n) is 16.9. The van der Waals surface area contributed by atoms with Gasteiger partial charge in [-0.15, -0.1) is 48.8 Å². The zero-order valence-electron chi connectivity index (χ0n) is 47.6. The molecule has 0 radical (unpaired) electrons. The molecule has 0 atom stereocenters. The first-order valence-electron chi connectivity index (χ1n) is 28.6. The van der Waals surface area contributed by atoms with Crippen molar-refractivity contribution in [1.82, 2.24) is 18.9 Å². The van der Waals surface area contributed by atoms with Gasteiger partial charge in [-0.3, -0.25) is 4.57 Å². The average molecular weight is 1270 g/mol. The van der Waals surface area contributed by atoms with Crippen LogP contribution in [0.15, 0.2) is 243 Å². The van der Waals surface area contributed by atoms with Crippen LogP contribution in [0.4, 0.5) is 22.7 Å². The third kappa shape index (κ3) is 8.50. The molecule has 7 nitrogen and oxygen atoms in total. The van der Waals surface area contributed by atoms with E-state index in [4.69, 9.17) is 14.7 Å². The summed E-state index contributed by atoms with van der Waals surface area (Å²) in [5.41, 5.74) is 21.3. The number of imidazole rings is 2. The first-order chi connectivity index (χ1) is 40.4. The predicted octanol–water partition coefficient (Wildman–Crippen LogP) is 18.9. The molecule has 0 bridgehead atoms. The Morgan fingerprint density at radius 3 is 1.71 bits per heavy atom. The Labute approximate surface area is 505 Å². The van der Waals surface area contributed by atoms with Gasteiger partial charge in [-0.25, -0.2) is 9.97 Å². The maximum atomic E-state index is 6.90. The van der Waals surface area contributed by atoms with E-state index in [0.29, 0.717) is 11.5 Å². The van der Waals surface area contributed by atoms with Gasteiger partial charge in [0.05, 0.1) is 16.4 Å². The summed E-state index contributed by atoms with van der Waals surface area (Å²) in [6.07, 6.45) is 1.95. The van der Waals surface area contributed by atoms with Crippen molar-refractivity contribution in [1.29, 1.82) is 0 Å². The molecule has 0 fully saturated rings. The van der Waals surface area contributed by atoms with Crippen LogP contribution < -0.4 is 14.5 Å². The summed E-state index contributed by atoms with van der Waals surface area (Å²) in [5.74, 6) is 2.54. The molecule has 0 saturated carbocycles. The molecule has 0 unspecified atom stereocenters. The quantitative estimate of drug-likeness (QED) is 0.135. The van der Waals surface area contributed by atoms with E-state index in [1.54, 1.807) is 0 Å². The Balaban J connectivity index is 0.00000627. The molecule has 15 rings (SSSR count). The van der Waals surface area contributed by atoms with Gasteiger partial charge in [0.15, 0.2) is 0 Å². The Hall–Kier alpha value is -9.29. The van der Waals surface area contributed by atoms with Gasteiger partial charge in [0, 0.05) is 67.0 Å². The van der Waals surface area contributed by atoms with Gasteiger partial charge < -0.3 is 18.9 Å². The number of benzene rings is 10. The number of hydrogen-bond donors (Lipinski definition) is 0. The summed E-state index contributed by atoms with van der Waals surface area (Å²) >= 11 is 0. The monoisotopic (exact) mass is 1270 g/mol. The molecular formula is C76H59N6OPt-3. The van der Waals surface area contributed by atoms with Crippen molar-refractivity contribution in [2.24, 2.45) is 0 Å². The van der Waals surface area contributed by atoms with Crippen LogP contribution in [-0.2, 0) is 37.3 Å². The Kier molecular flexibility index (Phi) is 12.7. The number of aromatic nitrogens is 4. The molecular weight excluding hydrogens is 1210 g/mol. The second-order valence-electron chi connectivity index (χ2n) is 23.9. The molecule has 13 aromatic rings. The van der Waals surface area contributed by atoms with Crippen molar-refractivity contribution in [3.05, 3.63) is 295 Å². The minimum Gasteiger partial charge on any atom is -0.509 e. The summed E-state index contributed by atoms with van der Waals surface area (Å²) in [5, 5.41) is 0. The second kappa shape index (κ2) is 20.3. The molecule has 0 saturated heterocycles. The minimum atomic E-state index is -0.644. The topological polar surface area (TPSA) is 50.8 Å². The SMILES string of the molecule is CC(C)(C)c1ccc(C2(c3ccnc(-n4c5[c-]c(Oc6[c-]c(N7[CH-]N(c8c(-c9ccccc9)cc(C(C)(C)C)cc8-c8ccccc8)c8ccccc87)ccc6)ccc5n5c6ccccc6nc45)c3)c3ccccc3-c3ccccc32)cc1.[Pt]. The number of pyridine rings is 1. The van der Waals surface area contributed by atoms with Gasteiger partial charge >= 0.3 is 0 Å². The number of para-hydroxylation sites is 4. The number of fused-ring (bicyclic) bond motifs is 9. The van der Waals surface area contributed by atoms with E-state index in [2.05, 4.69) is 291 Å². The number of anilines is 4. The van der Waals surface area contributed by atoms with E-state index >= 15 is 0 Å². The van der Waals surface area contributed by atoms with E-state index < -0.39 is 5.41 Å². The van der Waals surface area contributed by atoms with Crippen LogP contribution in [0.25, 0.3) is 67.0 Å². The number of hydrogen-bond acceptors (Lipinski definition) is 5. The fourth-order valence-electron chi connectivity index (χ4n) is 12.8. The van der Waals surface area contributed by atoms with Crippen LogP contribution in [0, 0.1) is 18.8 Å². The van der Waals surface area contributed by atoms with Crippen LogP contribution in [-0.4, -0.2) is 18.9 Å². The van der Waals surface area contributed by atoms with Gasteiger partial charge in [-0.05, 0) is 126 Å². The summed E-state index contributed by atoms with van der Waals surface area (Å²) in [6.45, 7) is 15.9. The van der Waals surface area contributed by atoms with Crippen LogP contribution in [0.3, 0.4) is 0 Å². The maximum Gasteiger partial charge on any atom is 0.208 e. The van der Waals surface area contributed by atoms with Crippen molar-refractivity contribution in [3.8, 4) is 50.7 Å². The summed E-state index contributed by atoms with van der Waals surface area (Å²) in [6, 6.07) is 92.2. The summed E-state index contributed by atoms with van der Waals surface area (Å²) in [7, 11) is 0. The molecule has 2 aliphatic rings. The average Bonchev–Trinajstić information content (AvgIpc) is 1.68. The van der Waals surface area contributed by atoms with E-state index in [1.807, 2.05) is 30.5 Å². The van der Waals surface area contributed by atoms with Crippen LogP contribution in [0.2, 0.25) is 0 Å². The third-order valence-corrected chi connectivity index (χ3v) is 16.9. The van der Waals surface area contributed by atoms with Gasteiger partial charge in [0.25, 0.3) is 0 Å². The molecule has 8 heteroatoms. The molecule has 1 aliphatic heterocycles. The van der Waals surface area contributed by atoms with Crippen LogP contribution in [0.5, 0.6) is 11.5 Å².